The maximum Gasteiger partial charge on any atom is 0.123 e. The van der Waals surface area contributed by atoms with Crippen LogP contribution >= 0.6 is 0 Å². The van der Waals surface area contributed by atoms with Gasteiger partial charge in [-0.05, 0) is 24.7 Å². The third-order valence-corrected chi connectivity index (χ3v) is 2.19. The number of nitrogens with two attached hydrogens (primary N) is 2. The van der Waals surface area contributed by atoms with Gasteiger partial charge in [0.15, 0.2) is 0 Å². The van der Waals surface area contributed by atoms with E-state index in [-0.39, 0.29) is 11.9 Å². The predicted octanol–water partition coefficient (Wildman–Crippen LogP) is 0.544. The van der Waals surface area contributed by atoms with Crippen molar-refractivity contribution in [3.8, 4) is 0 Å². The van der Waals surface area contributed by atoms with Gasteiger partial charge in [-0.15, -0.1) is 0 Å². The van der Waals surface area contributed by atoms with Gasteiger partial charge in [0.25, 0.3) is 0 Å². The smallest absolute Gasteiger partial charge is 0.123 e. The highest BCUT2D eigenvalue weighted by Crippen LogP contribution is 2.06. The maximum absolute atomic E-state index is 12.9. The summed E-state index contributed by atoms with van der Waals surface area (Å²) in [5.74, 6) is -0.205. The normalized spacial score (nSPS) is 13.1. The molecule has 0 heterocycles. The molecule has 0 aliphatic rings. The molecule has 1 unspecified atom stereocenters. The second-order valence-corrected chi connectivity index (χ2v) is 3.82. The molecule has 0 saturated heterocycles. The van der Waals surface area contributed by atoms with Crippen molar-refractivity contribution in [1.82, 2.24) is 4.90 Å². The van der Waals surface area contributed by atoms with Crippen LogP contribution < -0.4 is 11.5 Å². The van der Waals surface area contributed by atoms with Crippen molar-refractivity contribution in [3.05, 3.63) is 35.6 Å². The zero-order chi connectivity index (χ0) is 11.3. The van der Waals surface area contributed by atoms with Crippen molar-refractivity contribution in [2.45, 2.75) is 12.6 Å². The topological polar surface area (TPSA) is 55.3 Å². The third kappa shape index (κ3) is 4.38. The third-order valence-electron chi connectivity index (χ3n) is 2.19. The molecular weight excluding hydrogens is 193 g/mol. The lowest BCUT2D eigenvalue weighted by atomic mass is 10.2. The van der Waals surface area contributed by atoms with Crippen LogP contribution in [0.25, 0.3) is 0 Å². The lowest BCUT2D eigenvalue weighted by Crippen LogP contribution is -2.40. The average molecular weight is 211 g/mol. The fourth-order valence-corrected chi connectivity index (χ4v) is 1.49. The van der Waals surface area contributed by atoms with Crippen molar-refractivity contribution in [1.29, 1.82) is 0 Å². The zero-order valence-electron chi connectivity index (χ0n) is 8.99. The number of likely N-dealkylation sites (N-methyl/N-ethyl adjacent to an activating group) is 1. The summed E-state index contributed by atoms with van der Waals surface area (Å²) < 4.78 is 12.9. The summed E-state index contributed by atoms with van der Waals surface area (Å²) >= 11 is 0. The van der Waals surface area contributed by atoms with Gasteiger partial charge in [0, 0.05) is 25.7 Å². The van der Waals surface area contributed by atoms with Crippen LogP contribution in [-0.4, -0.2) is 31.1 Å². The van der Waals surface area contributed by atoms with E-state index in [0.29, 0.717) is 19.6 Å². The zero-order valence-corrected chi connectivity index (χ0v) is 8.99. The van der Waals surface area contributed by atoms with Crippen LogP contribution in [0.15, 0.2) is 24.3 Å². The molecule has 1 atom stereocenters. The molecule has 0 saturated carbocycles. The fraction of sp³-hybridized carbons (Fsp3) is 0.455. The molecule has 0 bridgehead atoms. The first kappa shape index (κ1) is 12.1. The standard InChI is InChI=1S/C11H18FN3/c1-15(8-11(14)6-13)7-9-3-2-4-10(12)5-9/h2-5,11H,6-8,13-14H2,1H3. The Balaban J connectivity index is 2.47. The SMILES string of the molecule is CN(Cc1cccc(F)c1)CC(N)CN. The van der Waals surface area contributed by atoms with E-state index in [2.05, 4.69) is 0 Å². The van der Waals surface area contributed by atoms with Crippen LogP contribution in [0.1, 0.15) is 5.56 Å². The van der Waals surface area contributed by atoms with Crippen LogP contribution in [0.3, 0.4) is 0 Å². The minimum atomic E-state index is -0.205. The monoisotopic (exact) mass is 211 g/mol. The van der Waals surface area contributed by atoms with Crippen LogP contribution in [0.5, 0.6) is 0 Å². The highest BCUT2D eigenvalue weighted by Gasteiger charge is 2.05. The summed E-state index contributed by atoms with van der Waals surface area (Å²) in [7, 11) is 1.94. The van der Waals surface area contributed by atoms with Crippen LogP contribution in [0.4, 0.5) is 4.39 Å². The number of halogens is 1. The minimum absolute atomic E-state index is 0.0245. The Bertz CT molecular complexity index is 304. The number of rotatable bonds is 5. The van der Waals surface area contributed by atoms with Crippen molar-refractivity contribution in [3.63, 3.8) is 0 Å². The molecular formula is C11H18FN3. The van der Waals surface area contributed by atoms with Crippen molar-refractivity contribution in [2.24, 2.45) is 11.5 Å². The molecule has 0 radical (unpaired) electrons. The van der Waals surface area contributed by atoms with Gasteiger partial charge in [-0.1, -0.05) is 12.1 Å². The van der Waals surface area contributed by atoms with Gasteiger partial charge in [0.1, 0.15) is 5.82 Å². The van der Waals surface area contributed by atoms with Crippen LogP contribution in [0, 0.1) is 5.82 Å². The molecule has 0 spiro atoms. The maximum atomic E-state index is 12.9. The first-order valence-corrected chi connectivity index (χ1v) is 5.00. The Labute approximate surface area is 89.9 Å². The van der Waals surface area contributed by atoms with Crippen molar-refractivity contribution in [2.75, 3.05) is 20.1 Å². The Morgan fingerprint density at radius 1 is 1.47 bits per heavy atom. The molecule has 0 fully saturated rings. The molecule has 84 valence electrons. The first-order chi connectivity index (χ1) is 7.11. The Morgan fingerprint density at radius 3 is 2.80 bits per heavy atom. The van der Waals surface area contributed by atoms with Gasteiger partial charge in [-0.3, -0.25) is 0 Å². The summed E-state index contributed by atoms with van der Waals surface area (Å²) in [4.78, 5) is 2.03. The number of hydrogen-bond donors (Lipinski definition) is 2. The molecule has 0 aliphatic heterocycles. The molecule has 0 aromatic heterocycles. The van der Waals surface area contributed by atoms with E-state index in [1.807, 2.05) is 18.0 Å². The molecule has 1 aromatic carbocycles. The summed E-state index contributed by atoms with van der Waals surface area (Å²) in [6.45, 7) is 1.87. The van der Waals surface area contributed by atoms with E-state index >= 15 is 0 Å². The van der Waals surface area contributed by atoms with Gasteiger partial charge in [0.05, 0.1) is 0 Å². The second-order valence-electron chi connectivity index (χ2n) is 3.82. The van der Waals surface area contributed by atoms with Gasteiger partial charge >= 0.3 is 0 Å². The van der Waals surface area contributed by atoms with E-state index in [9.17, 15) is 4.39 Å². The highest BCUT2D eigenvalue weighted by atomic mass is 19.1. The van der Waals surface area contributed by atoms with Crippen molar-refractivity contribution >= 4 is 0 Å². The molecule has 0 aliphatic carbocycles. The van der Waals surface area contributed by atoms with Gasteiger partial charge < -0.3 is 16.4 Å². The van der Waals surface area contributed by atoms with E-state index in [1.54, 1.807) is 6.07 Å². The molecule has 1 aromatic rings. The summed E-state index contributed by atoms with van der Waals surface area (Å²) in [6.07, 6.45) is 0. The number of benzene rings is 1. The minimum Gasteiger partial charge on any atom is -0.329 e. The predicted molar refractivity (Wildman–Crippen MR) is 59.8 cm³/mol. The molecule has 0 amide bonds. The van der Waals surface area contributed by atoms with E-state index < -0.39 is 0 Å². The molecule has 15 heavy (non-hydrogen) atoms. The van der Waals surface area contributed by atoms with Gasteiger partial charge in [-0.25, -0.2) is 4.39 Å². The van der Waals surface area contributed by atoms with Crippen LogP contribution in [-0.2, 0) is 6.54 Å². The molecule has 1 rings (SSSR count). The quantitative estimate of drug-likeness (QED) is 0.747. The van der Waals surface area contributed by atoms with E-state index in [0.717, 1.165) is 5.56 Å². The van der Waals surface area contributed by atoms with Gasteiger partial charge in [0.2, 0.25) is 0 Å². The summed E-state index contributed by atoms with van der Waals surface area (Å²) in [5.41, 5.74) is 12.1. The largest absolute Gasteiger partial charge is 0.329 e. The number of hydrogen-bond acceptors (Lipinski definition) is 3. The summed E-state index contributed by atoms with van der Waals surface area (Å²) in [6, 6.07) is 6.55. The second kappa shape index (κ2) is 5.80. The Hall–Kier alpha value is -0.970. The lowest BCUT2D eigenvalue weighted by molar-refractivity contribution is 0.305. The number of nitrogens with zero attached hydrogens (tertiary/aromatic N) is 1. The Kier molecular flexibility index (Phi) is 4.68. The molecule has 3 nitrogen and oxygen atoms in total. The van der Waals surface area contributed by atoms with Gasteiger partial charge in [-0.2, -0.15) is 0 Å². The van der Waals surface area contributed by atoms with Crippen LogP contribution in [0.2, 0.25) is 0 Å². The molecule has 4 N–H and O–H groups in total. The average Bonchev–Trinajstić information content (AvgIpc) is 2.17. The van der Waals surface area contributed by atoms with E-state index in [4.69, 9.17) is 11.5 Å². The van der Waals surface area contributed by atoms with Crippen molar-refractivity contribution < 1.29 is 4.39 Å². The lowest BCUT2D eigenvalue weighted by Gasteiger charge is -2.20. The van der Waals surface area contributed by atoms with E-state index in [1.165, 1.54) is 12.1 Å². The first-order valence-electron chi connectivity index (χ1n) is 5.00. The fourth-order valence-electron chi connectivity index (χ4n) is 1.49. The Morgan fingerprint density at radius 2 is 2.20 bits per heavy atom. The molecule has 4 heteroatoms. The summed E-state index contributed by atoms with van der Waals surface area (Å²) in [5, 5.41) is 0. The highest BCUT2D eigenvalue weighted by molar-refractivity contribution is 5.16.